The van der Waals surface area contributed by atoms with Gasteiger partial charge in [0, 0.05) is 11.8 Å². The van der Waals surface area contributed by atoms with Gasteiger partial charge in [0.25, 0.3) is 0 Å². The second-order valence-electron chi connectivity index (χ2n) is 7.49. The second kappa shape index (κ2) is 6.16. The SMILES string of the molecule is O=C1C2CCN(CC2)C1C(c1ccccc1)C1CCCCC1. The molecule has 4 aliphatic rings. The molecule has 1 aromatic carbocycles. The largest absolute Gasteiger partial charge is 0.298 e. The van der Waals surface area contributed by atoms with Crippen LogP contribution in [0.2, 0.25) is 0 Å². The van der Waals surface area contributed by atoms with Gasteiger partial charge in [0.2, 0.25) is 0 Å². The Morgan fingerprint density at radius 1 is 0.909 bits per heavy atom. The highest BCUT2D eigenvalue weighted by Crippen LogP contribution is 2.44. The summed E-state index contributed by atoms with van der Waals surface area (Å²) in [7, 11) is 0. The number of carbonyl (C=O) groups is 1. The van der Waals surface area contributed by atoms with Crippen molar-refractivity contribution in [3.63, 3.8) is 0 Å². The number of benzene rings is 1. The van der Waals surface area contributed by atoms with E-state index in [-0.39, 0.29) is 6.04 Å². The number of fused-ring (bicyclic) bond motifs is 3. The van der Waals surface area contributed by atoms with Crippen LogP contribution in [-0.4, -0.2) is 29.8 Å². The van der Waals surface area contributed by atoms with Crippen molar-refractivity contribution in [1.82, 2.24) is 4.90 Å². The molecule has 2 heteroatoms. The zero-order valence-corrected chi connectivity index (χ0v) is 13.4. The summed E-state index contributed by atoms with van der Waals surface area (Å²) >= 11 is 0. The second-order valence-corrected chi connectivity index (χ2v) is 7.49. The fourth-order valence-electron chi connectivity index (χ4n) is 5.17. The molecule has 0 radical (unpaired) electrons. The van der Waals surface area contributed by atoms with Crippen molar-refractivity contribution in [2.24, 2.45) is 11.8 Å². The number of nitrogens with zero attached hydrogens (tertiary/aromatic N) is 1. The van der Waals surface area contributed by atoms with E-state index in [0.717, 1.165) is 25.9 Å². The Hall–Kier alpha value is -1.15. The topological polar surface area (TPSA) is 20.3 Å². The molecule has 0 N–H and O–H groups in total. The molecule has 4 fully saturated rings. The molecule has 1 aromatic rings. The van der Waals surface area contributed by atoms with Gasteiger partial charge in [0.15, 0.2) is 5.78 Å². The lowest BCUT2D eigenvalue weighted by Crippen LogP contribution is -2.58. The van der Waals surface area contributed by atoms with Crippen LogP contribution < -0.4 is 0 Å². The van der Waals surface area contributed by atoms with Crippen molar-refractivity contribution >= 4 is 5.78 Å². The highest BCUT2D eigenvalue weighted by Gasteiger charge is 2.47. The first-order valence-corrected chi connectivity index (χ1v) is 9.17. The molecular formula is C20H27NO. The minimum absolute atomic E-state index is 0.165. The van der Waals surface area contributed by atoms with Crippen LogP contribution >= 0.6 is 0 Å². The Bertz CT molecular complexity index is 512. The number of hydrogen-bond acceptors (Lipinski definition) is 2. The van der Waals surface area contributed by atoms with Crippen LogP contribution in [0.5, 0.6) is 0 Å². The predicted molar refractivity (Wildman–Crippen MR) is 88.9 cm³/mol. The molecule has 3 heterocycles. The Balaban J connectivity index is 1.69. The highest BCUT2D eigenvalue weighted by molar-refractivity contribution is 5.89. The molecule has 5 rings (SSSR count). The fraction of sp³-hybridized carbons (Fsp3) is 0.650. The van der Waals surface area contributed by atoms with E-state index in [0.29, 0.717) is 23.5 Å². The number of rotatable bonds is 3. The number of carbonyl (C=O) groups excluding carboxylic acids is 1. The van der Waals surface area contributed by atoms with E-state index in [1.807, 2.05) is 0 Å². The zero-order valence-electron chi connectivity index (χ0n) is 13.4. The monoisotopic (exact) mass is 297 g/mol. The summed E-state index contributed by atoms with van der Waals surface area (Å²) in [6, 6.07) is 11.1. The molecule has 22 heavy (non-hydrogen) atoms. The van der Waals surface area contributed by atoms with Crippen molar-refractivity contribution in [1.29, 1.82) is 0 Å². The van der Waals surface area contributed by atoms with Gasteiger partial charge in [-0.05, 0) is 50.3 Å². The molecule has 0 amide bonds. The van der Waals surface area contributed by atoms with E-state index >= 15 is 0 Å². The Kier molecular flexibility index (Phi) is 4.04. The van der Waals surface area contributed by atoms with Crippen LogP contribution in [0.4, 0.5) is 0 Å². The van der Waals surface area contributed by atoms with Crippen LogP contribution in [0.15, 0.2) is 30.3 Å². The first kappa shape index (κ1) is 14.4. The number of hydrogen-bond donors (Lipinski definition) is 0. The smallest absolute Gasteiger partial charge is 0.153 e. The lowest BCUT2D eigenvalue weighted by molar-refractivity contribution is -0.139. The third kappa shape index (κ3) is 2.52. The lowest BCUT2D eigenvalue weighted by atomic mass is 9.67. The molecule has 0 spiro atoms. The van der Waals surface area contributed by atoms with Gasteiger partial charge in [-0.1, -0.05) is 49.6 Å². The molecule has 1 aliphatic carbocycles. The van der Waals surface area contributed by atoms with Gasteiger partial charge in [-0.25, -0.2) is 0 Å². The van der Waals surface area contributed by atoms with Crippen molar-refractivity contribution in [2.75, 3.05) is 13.1 Å². The number of Topliss-reactive ketones (excluding diaryl/α,β-unsaturated/α-hetero) is 1. The van der Waals surface area contributed by atoms with E-state index in [2.05, 4.69) is 35.2 Å². The van der Waals surface area contributed by atoms with Gasteiger partial charge in [0.1, 0.15) is 0 Å². The van der Waals surface area contributed by atoms with E-state index < -0.39 is 0 Å². The van der Waals surface area contributed by atoms with Crippen LogP contribution in [0.1, 0.15) is 56.4 Å². The molecule has 118 valence electrons. The summed E-state index contributed by atoms with van der Waals surface area (Å²) in [4.78, 5) is 15.5. The standard InChI is InChI=1S/C20H27NO/c22-20-17-11-13-21(14-12-17)19(20)18(15-7-3-1-4-8-15)16-9-5-2-6-10-16/h1,3-4,7-8,16-19H,2,5-6,9-14H2. The van der Waals surface area contributed by atoms with Crippen molar-refractivity contribution < 1.29 is 4.79 Å². The highest BCUT2D eigenvalue weighted by atomic mass is 16.1. The van der Waals surface area contributed by atoms with E-state index in [1.54, 1.807) is 0 Å². The zero-order chi connectivity index (χ0) is 14.9. The first-order chi connectivity index (χ1) is 10.8. The molecule has 2 bridgehead atoms. The third-order valence-corrected chi connectivity index (χ3v) is 6.30. The van der Waals surface area contributed by atoms with Gasteiger partial charge < -0.3 is 0 Å². The van der Waals surface area contributed by atoms with E-state index in [1.165, 1.54) is 37.7 Å². The van der Waals surface area contributed by atoms with Crippen molar-refractivity contribution in [3.05, 3.63) is 35.9 Å². The molecule has 3 aliphatic heterocycles. The number of ketones is 1. The molecule has 2 atom stereocenters. The average molecular weight is 297 g/mol. The summed E-state index contributed by atoms with van der Waals surface area (Å²) in [6.45, 7) is 2.27. The summed E-state index contributed by atoms with van der Waals surface area (Å²) in [5.41, 5.74) is 1.40. The Morgan fingerprint density at radius 3 is 2.23 bits per heavy atom. The van der Waals surface area contributed by atoms with Gasteiger partial charge in [-0.15, -0.1) is 0 Å². The Morgan fingerprint density at radius 2 is 1.59 bits per heavy atom. The lowest BCUT2D eigenvalue weighted by Gasteiger charge is -2.49. The maximum Gasteiger partial charge on any atom is 0.153 e. The summed E-state index contributed by atoms with van der Waals surface area (Å²) in [5.74, 6) is 2.03. The Labute approximate surface area is 133 Å². The average Bonchev–Trinajstić information content (AvgIpc) is 2.60. The van der Waals surface area contributed by atoms with Gasteiger partial charge >= 0.3 is 0 Å². The van der Waals surface area contributed by atoms with E-state index in [9.17, 15) is 4.79 Å². The van der Waals surface area contributed by atoms with E-state index in [4.69, 9.17) is 0 Å². The molecule has 2 unspecified atom stereocenters. The molecule has 3 saturated heterocycles. The minimum atomic E-state index is 0.165. The minimum Gasteiger partial charge on any atom is -0.298 e. The van der Waals surface area contributed by atoms with Crippen molar-refractivity contribution in [3.8, 4) is 0 Å². The molecule has 0 aromatic heterocycles. The van der Waals surface area contributed by atoms with Crippen LogP contribution in [0.3, 0.4) is 0 Å². The summed E-state index contributed by atoms with van der Waals surface area (Å²) < 4.78 is 0. The normalized spacial score (nSPS) is 33.8. The van der Waals surface area contributed by atoms with Crippen LogP contribution in [0.25, 0.3) is 0 Å². The summed E-state index contributed by atoms with van der Waals surface area (Å²) in [6.07, 6.45) is 8.88. The van der Waals surface area contributed by atoms with Gasteiger partial charge in [0.05, 0.1) is 6.04 Å². The van der Waals surface area contributed by atoms with Crippen LogP contribution in [0, 0.1) is 11.8 Å². The maximum atomic E-state index is 13.0. The fourth-order valence-corrected chi connectivity index (χ4v) is 5.17. The van der Waals surface area contributed by atoms with Crippen molar-refractivity contribution in [2.45, 2.75) is 56.9 Å². The van der Waals surface area contributed by atoms with Gasteiger partial charge in [-0.2, -0.15) is 0 Å². The van der Waals surface area contributed by atoms with Crippen LogP contribution in [-0.2, 0) is 4.79 Å². The first-order valence-electron chi connectivity index (χ1n) is 9.17. The summed E-state index contributed by atoms with van der Waals surface area (Å²) in [5, 5.41) is 0. The third-order valence-electron chi connectivity index (χ3n) is 6.30. The predicted octanol–water partition coefficient (Wildman–Crippen LogP) is 4.01. The molecule has 1 saturated carbocycles. The molecule has 2 nitrogen and oxygen atoms in total. The number of piperidine rings is 3. The maximum absolute atomic E-state index is 13.0. The van der Waals surface area contributed by atoms with Gasteiger partial charge in [-0.3, -0.25) is 9.69 Å². The quantitative estimate of drug-likeness (QED) is 0.840. The molecular weight excluding hydrogens is 270 g/mol.